The molecule has 4 aromatic rings. The third-order valence-electron chi connectivity index (χ3n) is 5.84. The third kappa shape index (κ3) is 3.84. The number of nitriles is 2. The van der Waals surface area contributed by atoms with Gasteiger partial charge in [-0.05, 0) is 24.6 Å². The molecular weight excluding hydrogens is 434 g/mol. The average molecular weight is 454 g/mol. The Balaban J connectivity index is 1.54. The normalized spacial score (nSPS) is 15.5. The number of amides is 1. The molecule has 8 nitrogen and oxygen atoms in total. The van der Waals surface area contributed by atoms with Crippen LogP contribution in [0.4, 0.5) is 0 Å². The van der Waals surface area contributed by atoms with Crippen LogP contribution in [0.1, 0.15) is 30.5 Å². The van der Waals surface area contributed by atoms with Crippen molar-refractivity contribution in [3.8, 4) is 23.3 Å². The highest BCUT2D eigenvalue weighted by Crippen LogP contribution is 2.37. The molecule has 0 bridgehead atoms. The molecular formula is C24H19N7OS. The van der Waals surface area contributed by atoms with Crippen LogP contribution in [0.5, 0.6) is 0 Å². The lowest BCUT2D eigenvalue weighted by Gasteiger charge is -2.14. The molecule has 0 spiro atoms. The molecule has 33 heavy (non-hydrogen) atoms. The largest absolute Gasteiger partial charge is 0.341 e. The number of aromatic nitrogens is 4. The van der Waals surface area contributed by atoms with Gasteiger partial charge in [0.1, 0.15) is 12.1 Å². The number of hydrogen-bond donors (Lipinski definition) is 0. The summed E-state index contributed by atoms with van der Waals surface area (Å²) in [6.45, 7) is 2.99. The van der Waals surface area contributed by atoms with Crippen LogP contribution in [-0.4, -0.2) is 43.3 Å². The Morgan fingerprint density at radius 1 is 1.06 bits per heavy atom. The second-order valence-corrected chi connectivity index (χ2v) is 8.97. The Bertz CT molecular complexity index is 1460. The fourth-order valence-electron chi connectivity index (χ4n) is 4.10. The van der Waals surface area contributed by atoms with Gasteiger partial charge in [-0.25, -0.2) is 4.52 Å². The van der Waals surface area contributed by atoms with Crippen molar-refractivity contribution < 1.29 is 4.79 Å². The summed E-state index contributed by atoms with van der Waals surface area (Å²) >= 11 is 1.44. The van der Waals surface area contributed by atoms with Crippen molar-refractivity contribution in [2.45, 2.75) is 29.2 Å². The van der Waals surface area contributed by atoms with E-state index in [1.165, 1.54) is 11.8 Å². The van der Waals surface area contributed by atoms with Gasteiger partial charge >= 0.3 is 0 Å². The summed E-state index contributed by atoms with van der Waals surface area (Å²) in [6, 6.07) is 14.0. The lowest BCUT2D eigenvalue weighted by Crippen LogP contribution is -2.26. The van der Waals surface area contributed by atoms with Crippen LogP contribution in [0.15, 0.2) is 64.9 Å². The van der Waals surface area contributed by atoms with Gasteiger partial charge in [0.15, 0.2) is 0 Å². The first kappa shape index (κ1) is 20.8. The van der Waals surface area contributed by atoms with Crippen LogP contribution in [-0.2, 0) is 4.79 Å². The fourth-order valence-corrected chi connectivity index (χ4v) is 5.19. The lowest BCUT2D eigenvalue weighted by molar-refractivity contribution is -0.127. The second kappa shape index (κ2) is 8.45. The van der Waals surface area contributed by atoms with Gasteiger partial charge in [-0.15, -0.1) is 0 Å². The lowest BCUT2D eigenvalue weighted by atomic mass is 10.1. The van der Waals surface area contributed by atoms with Gasteiger partial charge in [0.05, 0.1) is 35.1 Å². The number of pyridine rings is 1. The van der Waals surface area contributed by atoms with E-state index in [4.69, 9.17) is 0 Å². The Labute approximate surface area is 194 Å². The molecule has 0 unspecified atom stereocenters. The maximum atomic E-state index is 11.7. The molecule has 1 amide bonds. The van der Waals surface area contributed by atoms with Crippen LogP contribution < -0.4 is 0 Å². The smallest absolute Gasteiger partial charge is 0.219 e. The number of benzene rings is 1. The molecule has 4 heterocycles. The first-order valence-electron chi connectivity index (χ1n) is 10.5. The third-order valence-corrected chi connectivity index (χ3v) is 6.95. The van der Waals surface area contributed by atoms with E-state index >= 15 is 0 Å². The van der Waals surface area contributed by atoms with Gasteiger partial charge in [-0.3, -0.25) is 9.48 Å². The van der Waals surface area contributed by atoms with Crippen LogP contribution in [0.2, 0.25) is 0 Å². The number of carbonyl (C=O) groups excluding carboxylic acids is 1. The highest BCUT2D eigenvalue weighted by Gasteiger charge is 2.26. The zero-order chi connectivity index (χ0) is 22.9. The molecule has 162 valence electrons. The summed E-state index contributed by atoms with van der Waals surface area (Å²) in [7, 11) is 0. The monoisotopic (exact) mass is 453 g/mol. The minimum Gasteiger partial charge on any atom is -0.341 e. The fraction of sp³-hybridized carbons (Fsp3) is 0.208. The summed E-state index contributed by atoms with van der Waals surface area (Å²) in [5.74, 6) is 0.0848. The zero-order valence-corrected chi connectivity index (χ0v) is 18.7. The first-order chi connectivity index (χ1) is 16.1. The van der Waals surface area contributed by atoms with E-state index in [1.807, 2.05) is 52.4 Å². The Hall–Kier alpha value is -4.08. The molecule has 3 aromatic heterocycles. The van der Waals surface area contributed by atoms with Gasteiger partial charge in [-0.2, -0.15) is 20.7 Å². The molecule has 0 N–H and O–H groups in total. The molecule has 0 radical (unpaired) electrons. The second-order valence-electron chi connectivity index (χ2n) is 7.88. The van der Waals surface area contributed by atoms with Crippen molar-refractivity contribution >= 4 is 23.2 Å². The number of hydrogen-bond acceptors (Lipinski definition) is 6. The van der Waals surface area contributed by atoms with Crippen molar-refractivity contribution in [3.05, 3.63) is 66.2 Å². The molecule has 1 saturated heterocycles. The predicted molar refractivity (Wildman–Crippen MR) is 122 cm³/mol. The molecule has 1 aliphatic rings. The average Bonchev–Trinajstić information content (AvgIpc) is 3.58. The summed E-state index contributed by atoms with van der Waals surface area (Å²) in [5.41, 5.74) is 3.58. The van der Waals surface area contributed by atoms with E-state index in [0.29, 0.717) is 23.2 Å². The molecule has 1 fully saturated rings. The maximum absolute atomic E-state index is 11.7. The Morgan fingerprint density at radius 2 is 1.88 bits per heavy atom. The Morgan fingerprint density at radius 3 is 2.64 bits per heavy atom. The van der Waals surface area contributed by atoms with Gasteiger partial charge in [0.25, 0.3) is 0 Å². The summed E-state index contributed by atoms with van der Waals surface area (Å²) < 4.78 is 3.62. The molecule has 9 heteroatoms. The molecule has 1 atom stereocenters. The van der Waals surface area contributed by atoms with Crippen molar-refractivity contribution in [2.24, 2.45) is 0 Å². The van der Waals surface area contributed by atoms with E-state index < -0.39 is 0 Å². The highest BCUT2D eigenvalue weighted by molar-refractivity contribution is 7.99. The minimum atomic E-state index is 0.0848. The highest BCUT2D eigenvalue weighted by atomic mass is 32.2. The molecule has 5 rings (SSSR count). The predicted octanol–water partition coefficient (Wildman–Crippen LogP) is 3.89. The van der Waals surface area contributed by atoms with Crippen molar-refractivity contribution in [1.29, 1.82) is 10.5 Å². The zero-order valence-electron chi connectivity index (χ0n) is 17.8. The standard InChI is InChI=1S/C24H19N7OS/c1-16(32)29-7-6-21(15-29)30-14-20(12-27-30)18-8-23(24-19(10-26)11-28-31(24)13-18)33-22-5-3-2-4-17(22)9-25/h2-5,8,11-14,21H,6-7,15H2,1H3/t21-/m1/s1. The number of nitrogens with zero attached hydrogens (tertiary/aromatic N) is 7. The summed E-state index contributed by atoms with van der Waals surface area (Å²) in [6.07, 6.45) is 8.11. The number of likely N-dealkylation sites (tertiary alicyclic amines) is 1. The van der Waals surface area contributed by atoms with Gasteiger partial charge in [-0.1, -0.05) is 23.9 Å². The molecule has 1 aromatic carbocycles. The van der Waals surface area contributed by atoms with E-state index in [1.54, 1.807) is 23.7 Å². The van der Waals surface area contributed by atoms with Gasteiger partial charge < -0.3 is 4.90 Å². The van der Waals surface area contributed by atoms with Gasteiger partial charge in [0, 0.05) is 53.3 Å². The number of fused-ring (bicyclic) bond motifs is 1. The van der Waals surface area contributed by atoms with E-state index in [9.17, 15) is 15.3 Å². The van der Waals surface area contributed by atoms with Crippen molar-refractivity contribution in [2.75, 3.05) is 13.1 Å². The van der Waals surface area contributed by atoms with Gasteiger partial charge in [0.2, 0.25) is 5.91 Å². The Kier molecular flexibility index (Phi) is 5.33. The van der Waals surface area contributed by atoms with Crippen LogP contribution in [0, 0.1) is 22.7 Å². The topological polar surface area (TPSA) is 103 Å². The quantitative estimate of drug-likeness (QED) is 0.464. The summed E-state index contributed by atoms with van der Waals surface area (Å²) in [4.78, 5) is 15.2. The van der Waals surface area contributed by atoms with Crippen LogP contribution in [0.25, 0.3) is 16.6 Å². The number of carbonyl (C=O) groups is 1. The molecule has 0 aliphatic carbocycles. The molecule has 1 aliphatic heterocycles. The van der Waals surface area contributed by atoms with E-state index in [-0.39, 0.29) is 11.9 Å². The van der Waals surface area contributed by atoms with E-state index in [2.05, 4.69) is 22.3 Å². The SMILES string of the molecule is CC(=O)N1CC[C@@H](n2cc(-c3cc(Sc4ccccc4C#N)c4c(C#N)cnn4c3)cn2)C1. The molecule has 0 saturated carbocycles. The maximum Gasteiger partial charge on any atom is 0.219 e. The minimum absolute atomic E-state index is 0.0848. The van der Waals surface area contributed by atoms with E-state index in [0.717, 1.165) is 33.9 Å². The van der Waals surface area contributed by atoms with Crippen molar-refractivity contribution in [1.82, 2.24) is 24.3 Å². The summed E-state index contributed by atoms with van der Waals surface area (Å²) in [5, 5.41) is 28.0. The van der Waals surface area contributed by atoms with Crippen LogP contribution >= 0.6 is 11.8 Å². The van der Waals surface area contributed by atoms with Crippen LogP contribution in [0.3, 0.4) is 0 Å². The first-order valence-corrected chi connectivity index (χ1v) is 11.3. The number of rotatable bonds is 4. The van der Waals surface area contributed by atoms with Crippen molar-refractivity contribution in [3.63, 3.8) is 0 Å².